The summed E-state index contributed by atoms with van der Waals surface area (Å²) in [5.74, 6) is -9.62. The number of ether oxygens (including phenoxy) is 2. The third-order valence-electron chi connectivity index (χ3n) is 7.77. The normalized spacial score (nSPS) is 24.9. The molecule has 6 rings (SSSR count). The highest BCUT2D eigenvalue weighted by atomic mass is 19.1. The molecule has 4 aliphatic rings. The van der Waals surface area contributed by atoms with E-state index in [-0.39, 0.29) is 42.2 Å². The van der Waals surface area contributed by atoms with Gasteiger partial charge in [-0.15, -0.1) is 0 Å². The van der Waals surface area contributed by atoms with Crippen molar-refractivity contribution in [3.63, 3.8) is 0 Å². The number of benzene rings is 2. The Hall–Kier alpha value is -5.21. The number of likely N-dealkylation sites (tertiary alicyclic amines) is 2. The Morgan fingerprint density at radius 2 is 1.11 bits per heavy atom. The van der Waals surface area contributed by atoms with E-state index in [0.717, 1.165) is 24.3 Å². The maximum atomic E-state index is 14.0. The van der Waals surface area contributed by atoms with Crippen LogP contribution in [0.5, 0.6) is 0 Å². The van der Waals surface area contributed by atoms with Gasteiger partial charge in [-0.25, -0.2) is 22.5 Å². The summed E-state index contributed by atoms with van der Waals surface area (Å²) in [6, 6.07) is 5.22. The molecule has 2 aromatic carbocycles. The van der Waals surface area contributed by atoms with E-state index in [1.54, 1.807) is 0 Å². The van der Waals surface area contributed by atoms with Gasteiger partial charge in [0.1, 0.15) is 23.3 Å². The Morgan fingerprint density at radius 1 is 0.667 bits per heavy atom. The number of imide groups is 1. The van der Waals surface area contributed by atoms with Crippen LogP contribution in [0.3, 0.4) is 0 Å². The van der Waals surface area contributed by atoms with Crippen LogP contribution < -0.4 is 0 Å². The Kier molecular flexibility index (Phi) is 7.67. The lowest BCUT2D eigenvalue weighted by molar-refractivity contribution is -0.144. The largest absolute Gasteiger partial charge is 0.501 e. The minimum absolute atomic E-state index is 0.0746. The van der Waals surface area contributed by atoms with Gasteiger partial charge >= 0.3 is 0 Å². The molecule has 0 saturated carbocycles. The Bertz CT molecular complexity index is 1740. The van der Waals surface area contributed by atoms with Gasteiger partial charge in [-0.3, -0.25) is 28.9 Å². The Morgan fingerprint density at radius 3 is 1.53 bits per heavy atom. The van der Waals surface area contributed by atoms with E-state index in [1.165, 1.54) is 18.7 Å². The van der Waals surface area contributed by atoms with Crippen molar-refractivity contribution in [1.82, 2.24) is 9.80 Å². The van der Waals surface area contributed by atoms with Crippen LogP contribution in [0.2, 0.25) is 0 Å². The molecular formula is C30H24F4N2O9. The van der Waals surface area contributed by atoms with Crippen LogP contribution in [-0.2, 0) is 44.6 Å². The van der Waals surface area contributed by atoms with Crippen LogP contribution in [0.4, 0.5) is 17.6 Å². The summed E-state index contributed by atoms with van der Waals surface area (Å²) in [7, 11) is 0. The summed E-state index contributed by atoms with van der Waals surface area (Å²) in [5, 5.41) is 20.0. The third kappa shape index (κ3) is 5.07. The number of amides is 3. The first-order chi connectivity index (χ1) is 21.1. The minimum Gasteiger partial charge on any atom is -0.501 e. The number of Topliss-reactive ketones (excluding diaryl/α,β-unsaturated/α-hetero) is 2. The number of aliphatic hydroxyl groups is 2. The molecule has 2 aromatic rings. The Balaban J connectivity index is 0.000000178. The molecule has 4 heterocycles. The van der Waals surface area contributed by atoms with Crippen LogP contribution in [-0.4, -0.2) is 55.8 Å². The van der Waals surface area contributed by atoms with Crippen LogP contribution in [0.15, 0.2) is 59.7 Å². The Labute approximate surface area is 251 Å². The molecule has 0 radical (unpaired) electrons. The van der Waals surface area contributed by atoms with Gasteiger partial charge in [-0.05, 0) is 44.5 Å². The highest BCUT2D eigenvalue weighted by Gasteiger charge is 2.54. The van der Waals surface area contributed by atoms with Crippen molar-refractivity contribution in [2.45, 2.75) is 50.7 Å². The molecule has 45 heavy (non-hydrogen) atoms. The zero-order chi connectivity index (χ0) is 33.0. The zero-order valence-electron chi connectivity index (χ0n) is 23.7. The summed E-state index contributed by atoms with van der Waals surface area (Å²) >= 11 is 0. The van der Waals surface area contributed by atoms with Gasteiger partial charge < -0.3 is 19.7 Å². The molecule has 236 valence electrons. The van der Waals surface area contributed by atoms with Crippen molar-refractivity contribution < 1.29 is 61.2 Å². The fourth-order valence-electron chi connectivity index (χ4n) is 5.33. The van der Waals surface area contributed by atoms with E-state index in [4.69, 9.17) is 9.47 Å². The quantitative estimate of drug-likeness (QED) is 0.379. The van der Waals surface area contributed by atoms with Crippen molar-refractivity contribution in [1.29, 1.82) is 0 Å². The molecule has 2 fully saturated rings. The van der Waals surface area contributed by atoms with Crippen molar-refractivity contribution in [3.8, 4) is 0 Å². The van der Waals surface area contributed by atoms with Gasteiger partial charge in [-0.1, -0.05) is 0 Å². The number of halogens is 4. The summed E-state index contributed by atoms with van der Waals surface area (Å²) < 4.78 is 64.8. The monoisotopic (exact) mass is 632 g/mol. The number of nitrogens with zero attached hydrogens (tertiary/aromatic N) is 2. The highest BCUT2D eigenvalue weighted by molar-refractivity contribution is 6.08. The fourth-order valence-corrected chi connectivity index (χ4v) is 5.33. The molecule has 0 aromatic heterocycles. The van der Waals surface area contributed by atoms with Crippen LogP contribution >= 0.6 is 0 Å². The second-order valence-electron chi connectivity index (χ2n) is 10.8. The maximum absolute atomic E-state index is 14.0. The predicted octanol–water partition coefficient (Wildman–Crippen LogP) is 3.78. The molecule has 2 atom stereocenters. The second kappa shape index (κ2) is 11.1. The van der Waals surface area contributed by atoms with Crippen molar-refractivity contribution >= 4 is 29.3 Å². The highest BCUT2D eigenvalue weighted by Crippen LogP contribution is 2.42. The SMILES string of the molecule is CC1(c2ccc(F)cc2F)OC(N2C(=O)CCC2=O)=C(O)C1=O.CC1(c2ccc(F)cc2F)OC(N2CCCC2=O)=C(O)C1=O. The van der Waals surface area contributed by atoms with Gasteiger partial charge in [0.2, 0.25) is 46.3 Å². The first-order valence-corrected chi connectivity index (χ1v) is 13.5. The van der Waals surface area contributed by atoms with Crippen LogP contribution in [0.1, 0.15) is 50.7 Å². The van der Waals surface area contributed by atoms with Gasteiger partial charge in [0, 0.05) is 49.1 Å². The number of hydrogen-bond donors (Lipinski definition) is 2. The molecule has 0 aliphatic carbocycles. The molecule has 15 heteroatoms. The van der Waals surface area contributed by atoms with Gasteiger partial charge in [0.05, 0.1) is 0 Å². The molecule has 2 unspecified atom stereocenters. The van der Waals surface area contributed by atoms with E-state index < -0.39 is 75.3 Å². The second-order valence-corrected chi connectivity index (χ2v) is 10.8. The molecular weight excluding hydrogens is 608 g/mol. The summed E-state index contributed by atoms with van der Waals surface area (Å²) in [5.41, 5.74) is -4.35. The fraction of sp³-hybridized carbons (Fsp3) is 0.300. The first-order valence-electron chi connectivity index (χ1n) is 13.5. The molecule has 4 aliphatic heterocycles. The van der Waals surface area contributed by atoms with Crippen LogP contribution in [0.25, 0.3) is 0 Å². The van der Waals surface area contributed by atoms with Crippen molar-refractivity contribution in [2.75, 3.05) is 6.54 Å². The number of ketones is 2. The standard InChI is InChI=1S/C15H11F2NO5.C15H13F2NO4/c1-15(8-3-2-7(16)6-9(8)17)13(22)12(21)14(23-15)18-10(19)4-5-11(18)20;1-15(9-5-4-8(16)7-10(9)17)13(21)12(20)14(22-15)18-6-2-3-11(18)19/h2-3,6,21H,4-5H2,1H3;4-5,7,20H,2-3,6H2,1H3. The van der Waals surface area contributed by atoms with E-state index in [1.807, 2.05) is 0 Å². The molecule has 2 N–H and O–H groups in total. The summed E-state index contributed by atoms with van der Waals surface area (Å²) in [6.45, 7) is 2.75. The van der Waals surface area contributed by atoms with E-state index in [2.05, 4.69) is 0 Å². The van der Waals surface area contributed by atoms with Gasteiger partial charge in [0.25, 0.3) is 17.4 Å². The van der Waals surface area contributed by atoms with E-state index >= 15 is 0 Å². The molecule has 3 amide bonds. The van der Waals surface area contributed by atoms with Crippen LogP contribution in [0, 0.1) is 23.3 Å². The minimum atomic E-state index is -2.00. The first kappa shape index (κ1) is 31.2. The topological polar surface area (TPSA) is 151 Å². The molecule has 11 nitrogen and oxygen atoms in total. The smallest absolute Gasteiger partial charge is 0.252 e. The van der Waals surface area contributed by atoms with Gasteiger partial charge in [0.15, 0.2) is 0 Å². The number of aliphatic hydroxyl groups excluding tert-OH is 2. The zero-order valence-corrected chi connectivity index (χ0v) is 23.7. The summed E-state index contributed by atoms with van der Waals surface area (Å²) in [6.07, 6.45) is 0.717. The molecule has 0 spiro atoms. The number of carbonyl (C=O) groups excluding carboxylic acids is 5. The lowest BCUT2D eigenvalue weighted by atomic mass is 9.91. The van der Waals surface area contributed by atoms with Crippen molar-refractivity contribution in [2.24, 2.45) is 0 Å². The number of hydrogen-bond acceptors (Lipinski definition) is 9. The number of carbonyl (C=O) groups is 5. The average Bonchev–Trinajstić information content (AvgIpc) is 3.67. The maximum Gasteiger partial charge on any atom is 0.252 e. The predicted molar refractivity (Wildman–Crippen MR) is 141 cm³/mol. The average molecular weight is 633 g/mol. The lowest BCUT2D eigenvalue weighted by Gasteiger charge is -2.26. The van der Waals surface area contributed by atoms with Crippen molar-refractivity contribution in [3.05, 3.63) is 94.1 Å². The number of rotatable bonds is 4. The third-order valence-corrected chi connectivity index (χ3v) is 7.77. The summed E-state index contributed by atoms with van der Waals surface area (Å²) in [4.78, 5) is 61.5. The lowest BCUT2D eigenvalue weighted by Crippen LogP contribution is -2.34. The van der Waals surface area contributed by atoms with E-state index in [9.17, 15) is 51.7 Å². The van der Waals surface area contributed by atoms with Gasteiger partial charge in [-0.2, -0.15) is 0 Å². The molecule has 2 saturated heterocycles. The van der Waals surface area contributed by atoms with E-state index in [0.29, 0.717) is 30.0 Å². The molecule has 0 bridgehead atoms.